The normalized spacial score (nSPS) is 13.6. The average Bonchev–Trinajstić information content (AvgIpc) is 3.67. The molecule has 0 aromatic heterocycles. The Kier molecular flexibility index (Phi) is 7.64. The van der Waals surface area contributed by atoms with E-state index in [1.807, 2.05) is 0 Å². The highest BCUT2D eigenvalue weighted by molar-refractivity contribution is 7.92. The number of amides is 1. The number of nitrogens with one attached hydrogen (secondary N) is 3. The molecule has 37 heavy (non-hydrogen) atoms. The van der Waals surface area contributed by atoms with Crippen LogP contribution in [0.3, 0.4) is 0 Å². The van der Waals surface area contributed by atoms with Crippen LogP contribution in [0.1, 0.15) is 23.2 Å². The van der Waals surface area contributed by atoms with Crippen molar-refractivity contribution in [3.63, 3.8) is 0 Å². The number of carbonyl (C=O) groups excluding carboxylic acids is 1. The third-order valence-corrected chi connectivity index (χ3v) is 8.63. The number of methoxy groups -OCH3 is 2. The number of sulfonamides is 2. The second-order valence-corrected chi connectivity index (χ2v) is 12.0. The zero-order valence-corrected chi connectivity index (χ0v) is 22.2. The van der Waals surface area contributed by atoms with Crippen LogP contribution in [0.25, 0.3) is 0 Å². The molecule has 1 aliphatic carbocycles. The van der Waals surface area contributed by atoms with E-state index in [1.54, 1.807) is 0 Å². The van der Waals surface area contributed by atoms with E-state index in [-0.39, 0.29) is 38.6 Å². The van der Waals surface area contributed by atoms with Crippen LogP contribution < -0.4 is 24.2 Å². The van der Waals surface area contributed by atoms with E-state index >= 15 is 0 Å². The maximum absolute atomic E-state index is 13.2. The Morgan fingerprint density at radius 2 is 1.38 bits per heavy atom. The van der Waals surface area contributed by atoms with Crippen LogP contribution >= 0.6 is 11.6 Å². The first-order chi connectivity index (χ1) is 17.5. The number of carbonyl (C=O) groups is 1. The summed E-state index contributed by atoms with van der Waals surface area (Å²) in [5.74, 6) is -0.262. The summed E-state index contributed by atoms with van der Waals surface area (Å²) in [4.78, 5) is 13.2. The van der Waals surface area contributed by atoms with Gasteiger partial charge in [0.1, 0.15) is 0 Å². The zero-order chi connectivity index (χ0) is 26.8. The molecule has 13 heteroatoms. The van der Waals surface area contributed by atoms with E-state index in [0.717, 1.165) is 12.8 Å². The first-order valence-corrected chi connectivity index (χ1v) is 14.3. The number of rotatable bonds is 10. The summed E-state index contributed by atoms with van der Waals surface area (Å²) < 4.78 is 66.3. The van der Waals surface area contributed by atoms with Crippen molar-refractivity contribution in [2.24, 2.45) is 0 Å². The largest absolute Gasteiger partial charge is 0.493 e. The fourth-order valence-corrected chi connectivity index (χ4v) is 5.87. The summed E-state index contributed by atoms with van der Waals surface area (Å²) in [5.41, 5.74) is 0.192. The zero-order valence-electron chi connectivity index (χ0n) is 19.8. The van der Waals surface area contributed by atoms with Crippen molar-refractivity contribution >= 4 is 48.9 Å². The van der Waals surface area contributed by atoms with Crippen LogP contribution in [0, 0.1) is 0 Å². The predicted octanol–water partition coefficient (Wildman–Crippen LogP) is 3.85. The second kappa shape index (κ2) is 10.6. The average molecular weight is 566 g/mol. The van der Waals surface area contributed by atoms with Crippen LogP contribution in [0.15, 0.2) is 70.5 Å². The lowest BCUT2D eigenvalue weighted by atomic mass is 10.1. The van der Waals surface area contributed by atoms with Gasteiger partial charge in [0, 0.05) is 22.8 Å². The Labute approximate surface area is 220 Å². The lowest BCUT2D eigenvalue weighted by Gasteiger charge is -2.17. The van der Waals surface area contributed by atoms with Gasteiger partial charge in [0.15, 0.2) is 11.5 Å². The van der Waals surface area contributed by atoms with E-state index in [9.17, 15) is 21.6 Å². The molecule has 0 saturated heterocycles. The Morgan fingerprint density at radius 3 is 1.95 bits per heavy atom. The number of hydrogen-bond acceptors (Lipinski definition) is 7. The summed E-state index contributed by atoms with van der Waals surface area (Å²) in [6, 6.07) is 13.8. The van der Waals surface area contributed by atoms with E-state index in [2.05, 4.69) is 14.8 Å². The lowest BCUT2D eigenvalue weighted by Crippen LogP contribution is -2.25. The Bertz CT molecular complexity index is 1520. The number of ether oxygens (including phenoxy) is 2. The Balaban J connectivity index is 1.62. The van der Waals surface area contributed by atoms with Crippen molar-refractivity contribution < 1.29 is 31.1 Å². The molecule has 0 atom stereocenters. The van der Waals surface area contributed by atoms with Gasteiger partial charge >= 0.3 is 0 Å². The molecule has 196 valence electrons. The molecule has 0 aliphatic heterocycles. The van der Waals surface area contributed by atoms with Gasteiger partial charge in [-0.15, -0.1) is 0 Å². The van der Waals surface area contributed by atoms with Gasteiger partial charge in [0.2, 0.25) is 10.0 Å². The Hall–Kier alpha value is -3.32. The van der Waals surface area contributed by atoms with Crippen LogP contribution in [-0.4, -0.2) is 43.0 Å². The first kappa shape index (κ1) is 26.7. The first-order valence-electron chi connectivity index (χ1n) is 11.0. The van der Waals surface area contributed by atoms with E-state index in [1.165, 1.54) is 74.9 Å². The fourth-order valence-electron chi connectivity index (χ4n) is 3.37. The monoisotopic (exact) mass is 565 g/mol. The van der Waals surface area contributed by atoms with Crippen LogP contribution in [0.5, 0.6) is 11.5 Å². The summed E-state index contributed by atoms with van der Waals surface area (Å²) >= 11 is 5.86. The molecule has 0 unspecified atom stereocenters. The third-order valence-electron chi connectivity index (χ3n) is 5.46. The molecule has 3 aromatic carbocycles. The molecule has 1 saturated carbocycles. The lowest BCUT2D eigenvalue weighted by molar-refractivity contribution is 0.102. The van der Waals surface area contributed by atoms with Crippen LogP contribution in [0.2, 0.25) is 5.02 Å². The van der Waals surface area contributed by atoms with Gasteiger partial charge in [-0.1, -0.05) is 11.6 Å². The van der Waals surface area contributed by atoms with Crippen molar-refractivity contribution in [3.8, 4) is 11.5 Å². The van der Waals surface area contributed by atoms with Gasteiger partial charge in [-0.25, -0.2) is 21.6 Å². The minimum atomic E-state index is -4.09. The smallest absolute Gasteiger partial charge is 0.261 e. The minimum absolute atomic E-state index is 0.0375. The SMILES string of the molecule is COc1cc(NS(=O)(=O)c2ccc(Cl)cc2)c(C(=O)Nc2ccc(S(=O)(=O)NC3CC3)cc2)cc1OC. The topological polar surface area (TPSA) is 140 Å². The Morgan fingerprint density at radius 1 is 0.838 bits per heavy atom. The molecular formula is C24H24ClN3O7S2. The number of halogens is 1. The molecular weight excluding hydrogens is 542 g/mol. The molecule has 0 heterocycles. The van der Waals surface area contributed by atoms with Crippen LogP contribution in [0.4, 0.5) is 11.4 Å². The van der Waals surface area contributed by atoms with E-state index in [0.29, 0.717) is 10.7 Å². The predicted molar refractivity (Wildman–Crippen MR) is 140 cm³/mol. The maximum Gasteiger partial charge on any atom is 0.261 e. The number of benzene rings is 3. The summed E-state index contributed by atoms with van der Waals surface area (Å²) in [5, 5.41) is 3.02. The second-order valence-electron chi connectivity index (χ2n) is 8.19. The molecule has 10 nitrogen and oxygen atoms in total. The highest BCUT2D eigenvalue weighted by atomic mass is 35.5. The van der Waals surface area contributed by atoms with Gasteiger partial charge in [-0.3, -0.25) is 9.52 Å². The molecule has 1 aliphatic rings. The molecule has 4 rings (SSSR count). The standard InChI is InChI=1S/C24H24ClN3O7S2/c1-34-22-13-20(21(14-23(22)35-2)28-37(32,33)18-9-3-15(25)4-10-18)24(29)26-16-7-11-19(12-8-16)36(30,31)27-17-5-6-17/h3-4,7-14,17,27-28H,5-6H2,1-2H3,(H,26,29). The van der Waals surface area contributed by atoms with Crippen molar-refractivity contribution in [2.45, 2.75) is 28.7 Å². The van der Waals surface area contributed by atoms with Crippen molar-refractivity contribution in [1.29, 1.82) is 0 Å². The summed E-state index contributed by atoms with van der Waals surface area (Å²) in [6.07, 6.45) is 1.62. The summed E-state index contributed by atoms with van der Waals surface area (Å²) in [7, 11) is -4.98. The van der Waals surface area contributed by atoms with Crippen molar-refractivity contribution in [2.75, 3.05) is 24.3 Å². The minimum Gasteiger partial charge on any atom is -0.493 e. The van der Waals surface area contributed by atoms with Crippen molar-refractivity contribution in [3.05, 3.63) is 71.2 Å². The molecule has 1 amide bonds. The van der Waals surface area contributed by atoms with Gasteiger partial charge in [0.25, 0.3) is 15.9 Å². The fraction of sp³-hybridized carbons (Fsp3) is 0.208. The van der Waals surface area contributed by atoms with Gasteiger partial charge < -0.3 is 14.8 Å². The molecule has 0 bridgehead atoms. The highest BCUT2D eigenvalue weighted by Crippen LogP contribution is 2.35. The van der Waals surface area contributed by atoms with Gasteiger partial charge in [-0.05, 0) is 67.4 Å². The maximum atomic E-state index is 13.2. The van der Waals surface area contributed by atoms with E-state index < -0.39 is 26.0 Å². The third kappa shape index (κ3) is 6.34. The van der Waals surface area contributed by atoms with Gasteiger partial charge in [-0.2, -0.15) is 0 Å². The number of anilines is 2. The molecule has 1 fully saturated rings. The molecule has 3 N–H and O–H groups in total. The quantitative estimate of drug-likeness (QED) is 0.339. The summed E-state index contributed by atoms with van der Waals surface area (Å²) in [6.45, 7) is 0. The van der Waals surface area contributed by atoms with Gasteiger partial charge in [0.05, 0.1) is 35.3 Å². The number of hydrogen-bond donors (Lipinski definition) is 3. The highest BCUT2D eigenvalue weighted by Gasteiger charge is 2.28. The molecule has 0 spiro atoms. The van der Waals surface area contributed by atoms with Crippen LogP contribution in [-0.2, 0) is 20.0 Å². The molecule has 0 radical (unpaired) electrons. The van der Waals surface area contributed by atoms with E-state index in [4.69, 9.17) is 21.1 Å². The molecule has 3 aromatic rings. The van der Waals surface area contributed by atoms with Crippen molar-refractivity contribution in [1.82, 2.24) is 4.72 Å².